The number of nitrogens with zero attached hydrogens (tertiary/aromatic N) is 6. The maximum atomic E-state index is 11.2. The predicted octanol–water partition coefficient (Wildman–Crippen LogP) is 0.596. The number of hydrogen-bond donors (Lipinski definition) is 1. The Bertz CT molecular complexity index is 541. The van der Waals surface area contributed by atoms with Crippen LogP contribution in [0.2, 0.25) is 0 Å². The van der Waals surface area contributed by atoms with E-state index in [-0.39, 0.29) is 6.17 Å². The van der Waals surface area contributed by atoms with Crippen LogP contribution in [-0.4, -0.2) is 74.1 Å². The van der Waals surface area contributed by atoms with E-state index in [1.807, 2.05) is 17.3 Å². The quantitative estimate of drug-likeness (QED) is 0.863. The Morgan fingerprint density at radius 3 is 2.90 bits per heavy atom. The first-order chi connectivity index (χ1) is 10.1. The molecule has 3 rings (SSSR count). The molecule has 0 radical (unpaired) electrons. The van der Waals surface area contributed by atoms with Crippen molar-refractivity contribution in [1.29, 1.82) is 0 Å². The van der Waals surface area contributed by atoms with Gasteiger partial charge in [-0.15, -0.1) is 5.10 Å². The molecule has 1 N–H and O–H groups in total. The molecule has 1 unspecified atom stereocenters. The van der Waals surface area contributed by atoms with Crippen LogP contribution in [0.15, 0.2) is 23.6 Å². The SMILES string of the molecule is CC(C)CN1N=C(n2cccn2)N2CCN(C(=O)O)CC12. The zero-order chi connectivity index (χ0) is 15.0. The van der Waals surface area contributed by atoms with Crippen LogP contribution in [0, 0.1) is 5.92 Å². The summed E-state index contributed by atoms with van der Waals surface area (Å²) in [5, 5.41) is 20.1. The number of piperazine rings is 1. The number of carbonyl (C=O) groups is 1. The van der Waals surface area contributed by atoms with Gasteiger partial charge in [0.2, 0.25) is 5.96 Å². The lowest BCUT2D eigenvalue weighted by atomic mass is 10.2. The molecule has 2 aliphatic rings. The highest BCUT2D eigenvalue weighted by atomic mass is 16.4. The minimum Gasteiger partial charge on any atom is -0.465 e. The van der Waals surface area contributed by atoms with Crippen LogP contribution in [0.3, 0.4) is 0 Å². The van der Waals surface area contributed by atoms with E-state index >= 15 is 0 Å². The molecule has 1 atom stereocenters. The van der Waals surface area contributed by atoms with Gasteiger partial charge in [0.25, 0.3) is 0 Å². The third-order valence-corrected chi connectivity index (χ3v) is 3.71. The normalized spacial score (nSPS) is 21.8. The standard InChI is InChI=1S/C13H20N6O2/c1-10(2)8-19-11-9-16(13(20)21)6-7-17(11)12(15-19)18-5-3-4-14-18/h3-5,10-11H,6-9H2,1-2H3,(H,20,21). The molecule has 0 aromatic carbocycles. The van der Waals surface area contributed by atoms with Crippen molar-refractivity contribution in [3.63, 3.8) is 0 Å². The summed E-state index contributed by atoms with van der Waals surface area (Å²) >= 11 is 0. The fourth-order valence-electron chi connectivity index (χ4n) is 2.77. The van der Waals surface area contributed by atoms with Crippen molar-refractivity contribution in [2.24, 2.45) is 11.0 Å². The highest BCUT2D eigenvalue weighted by molar-refractivity contribution is 5.83. The average molecular weight is 292 g/mol. The summed E-state index contributed by atoms with van der Waals surface area (Å²) in [5.74, 6) is 1.23. The topological polar surface area (TPSA) is 77.2 Å². The van der Waals surface area contributed by atoms with Crippen LogP contribution in [0.4, 0.5) is 4.79 Å². The maximum Gasteiger partial charge on any atom is 0.407 e. The molecule has 1 aromatic heterocycles. The molecule has 8 nitrogen and oxygen atoms in total. The van der Waals surface area contributed by atoms with Gasteiger partial charge in [-0.25, -0.2) is 9.48 Å². The molecule has 0 aliphatic carbocycles. The Kier molecular flexibility index (Phi) is 3.44. The van der Waals surface area contributed by atoms with Crippen molar-refractivity contribution in [3.05, 3.63) is 18.5 Å². The molecule has 1 fully saturated rings. The van der Waals surface area contributed by atoms with Crippen molar-refractivity contribution in [1.82, 2.24) is 24.6 Å². The summed E-state index contributed by atoms with van der Waals surface area (Å²) in [6.07, 6.45) is 2.66. The number of rotatable bonds is 2. The molecule has 0 saturated carbocycles. The Morgan fingerprint density at radius 1 is 1.48 bits per heavy atom. The number of hydrazone groups is 1. The van der Waals surface area contributed by atoms with Crippen molar-refractivity contribution in [3.8, 4) is 0 Å². The van der Waals surface area contributed by atoms with Gasteiger partial charge in [-0.1, -0.05) is 13.8 Å². The van der Waals surface area contributed by atoms with E-state index in [1.54, 1.807) is 10.9 Å². The van der Waals surface area contributed by atoms with Crippen LogP contribution in [0.25, 0.3) is 0 Å². The van der Waals surface area contributed by atoms with Crippen molar-refractivity contribution in [2.75, 3.05) is 26.2 Å². The first-order valence-electron chi connectivity index (χ1n) is 7.16. The molecule has 8 heteroatoms. The molecular formula is C13H20N6O2. The number of carboxylic acid groups (broad SMARTS) is 1. The number of fused-ring (bicyclic) bond motifs is 1. The molecule has 2 aliphatic heterocycles. The van der Waals surface area contributed by atoms with E-state index in [1.165, 1.54) is 4.90 Å². The lowest BCUT2D eigenvalue weighted by Crippen LogP contribution is -2.58. The van der Waals surface area contributed by atoms with E-state index in [0.717, 1.165) is 12.5 Å². The molecule has 0 spiro atoms. The van der Waals surface area contributed by atoms with Gasteiger partial charge in [-0.2, -0.15) is 5.10 Å². The molecule has 21 heavy (non-hydrogen) atoms. The summed E-state index contributed by atoms with van der Waals surface area (Å²) in [6.45, 7) is 6.61. The highest BCUT2D eigenvalue weighted by Crippen LogP contribution is 2.23. The van der Waals surface area contributed by atoms with Gasteiger partial charge in [-0.05, 0) is 12.0 Å². The number of amides is 1. The van der Waals surface area contributed by atoms with Gasteiger partial charge in [0.15, 0.2) is 0 Å². The fourth-order valence-corrected chi connectivity index (χ4v) is 2.77. The van der Waals surface area contributed by atoms with E-state index in [4.69, 9.17) is 0 Å². The van der Waals surface area contributed by atoms with Crippen molar-refractivity contribution in [2.45, 2.75) is 20.0 Å². The molecule has 114 valence electrons. The molecular weight excluding hydrogens is 272 g/mol. The second kappa shape index (κ2) is 5.27. The van der Waals surface area contributed by atoms with Crippen LogP contribution in [-0.2, 0) is 0 Å². The monoisotopic (exact) mass is 292 g/mol. The van der Waals surface area contributed by atoms with Gasteiger partial charge < -0.3 is 14.9 Å². The Morgan fingerprint density at radius 2 is 2.29 bits per heavy atom. The summed E-state index contributed by atoms with van der Waals surface area (Å²) in [6, 6.07) is 1.86. The molecule has 1 amide bonds. The van der Waals surface area contributed by atoms with Crippen molar-refractivity contribution < 1.29 is 9.90 Å². The smallest absolute Gasteiger partial charge is 0.407 e. The van der Waals surface area contributed by atoms with Gasteiger partial charge in [0.1, 0.15) is 6.17 Å². The second-order valence-electron chi connectivity index (χ2n) is 5.77. The van der Waals surface area contributed by atoms with Crippen LogP contribution < -0.4 is 0 Å². The predicted molar refractivity (Wildman–Crippen MR) is 76.7 cm³/mol. The molecule has 3 heterocycles. The lowest BCUT2D eigenvalue weighted by Gasteiger charge is -2.40. The Balaban J connectivity index is 1.85. The van der Waals surface area contributed by atoms with Gasteiger partial charge in [0.05, 0.1) is 6.54 Å². The number of hydrogen-bond acceptors (Lipinski definition) is 5. The molecule has 0 bridgehead atoms. The first-order valence-corrected chi connectivity index (χ1v) is 7.16. The van der Waals surface area contributed by atoms with Crippen LogP contribution in [0.1, 0.15) is 13.8 Å². The van der Waals surface area contributed by atoms with E-state index in [2.05, 4.69) is 28.9 Å². The van der Waals surface area contributed by atoms with E-state index < -0.39 is 6.09 Å². The summed E-state index contributed by atoms with van der Waals surface area (Å²) in [7, 11) is 0. The van der Waals surface area contributed by atoms with E-state index in [9.17, 15) is 9.90 Å². The zero-order valence-electron chi connectivity index (χ0n) is 12.3. The lowest BCUT2D eigenvalue weighted by molar-refractivity contribution is 0.0376. The fraction of sp³-hybridized carbons (Fsp3) is 0.615. The maximum absolute atomic E-state index is 11.2. The Labute approximate surface area is 123 Å². The average Bonchev–Trinajstić information content (AvgIpc) is 3.05. The van der Waals surface area contributed by atoms with Gasteiger partial charge >= 0.3 is 6.09 Å². The van der Waals surface area contributed by atoms with Gasteiger partial charge in [0, 0.05) is 32.0 Å². The first kappa shape index (κ1) is 13.7. The number of aromatic nitrogens is 2. The van der Waals surface area contributed by atoms with E-state index in [0.29, 0.717) is 25.6 Å². The third kappa shape index (κ3) is 2.53. The third-order valence-electron chi connectivity index (χ3n) is 3.71. The summed E-state index contributed by atoms with van der Waals surface area (Å²) < 4.78 is 1.74. The zero-order valence-corrected chi connectivity index (χ0v) is 12.3. The summed E-state index contributed by atoms with van der Waals surface area (Å²) in [5.41, 5.74) is 0. The highest BCUT2D eigenvalue weighted by Gasteiger charge is 2.40. The summed E-state index contributed by atoms with van der Waals surface area (Å²) in [4.78, 5) is 14.8. The molecule has 1 saturated heterocycles. The minimum atomic E-state index is -0.869. The van der Waals surface area contributed by atoms with Crippen LogP contribution >= 0.6 is 0 Å². The van der Waals surface area contributed by atoms with Gasteiger partial charge in [-0.3, -0.25) is 5.01 Å². The Hall–Kier alpha value is -2.25. The molecule has 1 aromatic rings. The van der Waals surface area contributed by atoms with Crippen LogP contribution in [0.5, 0.6) is 0 Å². The minimum absolute atomic E-state index is 0.0450. The largest absolute Gasteiger partial charge is 0.465 e. The second-order valence-corrected chi connectivity index (χ2v) is 5.77. The van der Waals surface area contributed by atoms with Crippen molar-refractivity contribution >= 4 is 12.1 Å².